The monoisotopic (exact) mass is 821 g/mol. The molecule has 304 valence electrons. The third-order valence-corrected chi connectivity index (χ3v) is 8.79. The number of anilines is 2. The Hall–Kier alpha value is -9.19. The van der Waals surface area contributed by atoms with Crippen LogP contribution >= 0.6 is 0 Å². The van der Waals surface area contributed by atoms with E-state index in [0.717, 1.165) is 9.36 Å². The number of hydrogen-bond acceptors (Lipinski definition) is 17. The van der Waals surface area contributed by atoms with Crippen LogP contribution in [0.2, 0.25) is 0 Å². The zero-order chi connectivity index (χ0) is 43.7. The van der Waals surface area contributed by atoms with Crippen LogP contribution in [0.4, 0.5) is 40.3 Å². The number of carboxylic acids is 2. The maximum absolute atomic E-state index is 11.6. The summed E-state index contributed by atoms with van der Waals surface area (Å²) in [5.41, 5.74) is 14.7. The Labute approximate surface area is 343 Å². The van der Waals surface area contributed by atoms with E-state index in [2.05, 4.69) is 60.6 Å². The number of carbonyl (C=O) groups is 2. The molecule has 5 heterocycles. The molecule has 7 aromatic rings. The molecular weight excluding hydrogens is 791 g/mol. The van der Waals surface area contributed by atoms with Crippen LogP contribution in [0.25, 0.3) is 28.1 Å². The molecule has 0 aliphatic heterocycles. The zero-order valence-corrected chi connectivity index (χ0v) is 32.3. The number of nitrogens with two attached hydrogens (primary N) is 2. The highest BCUT2D eigenvalue weighted by Crippen LogP contribution is 2.39. The average molecular weight is 822 g/mol. The number of nitrogens with zero attached hydrogens (tertiary/aromatic N) is 17. The molecule has 0 fully saturated rings. The molecule has 61 heavy (non-hydrogen) atoms. The lowest BCUT2D eigenvalue weighted by atomic mass is 10.1. The van der Waals surface area contributed by atoms with E-state index >= 15 is 0 Å². The Bertz CT molecular complexity index is 2830. The maximum atomic E-state index is 11.6. The Kier molecular flexibility index (Phi) is 10.5. The van der Waals surface area contributed by atoms with E-state index in [-0.39, 0.29) is 80.8 Å². The van der Waals surface area contributed by atoms with Gasteiger partial charge in [0.1, 0.15) is 11.6 Å². The van der Waals surface area contributed by atoms with Crippen LogP contribution in [0.1, 0.15) is 77.2 Å². The first-order valence-corrected chi connectivity index (χ1v) is 17.9. The van der Waals surface area contributed by atoms with Crippen LogP contribution in [0.15, 0.2) is 81.4 Å². The average Bonchev–Trinajstić information content (AvgIpc) is 4.01. The molecule has 0 saturated carbocycles. The summed E-state index contributed by atoms with van der Waals surface area (Å²) in [5.74, 6) is -3.71. The van der Waals surface area contributed by atoms with E-state index in [0.29, 0.717) is 22.8 Å². The molecule has 2 aromatic carbocycles. The van der Waals surface area contributed by atoms with Crippen molar-refractivity contribution in [3.8, 4) is 35.4 Å². The van der Waals surface area contributed by atoms with Crippen molar-refractivity contribution in [3.63, 3.8) is 0 Å². The van der Waals surface area contributed by atoms with Crippen molar-refractivity contribution >= 4 is 52.3 Å². The molecule has 24 heteroatoms. The largest absolute Gasteiger partial charge is 0.479 e. The fraction of sp³-hybridized carbons (Fsp3) is 0.162. The number of aromatic hydroxyl groups is 1. The number of hydrogen-bond donors (Lipinski definition) is 5. The summed E-state index contributed by atoms with van der Waals surface area (Å²) >= 11 is 0. The number of rotatable bonds is 12. The summed E-state index contributed by atoms with van der Waals surface area (Å²) in [5, 5.41) is 74.5. The number of nitrogen functional groups attached to an aromatic ring is 2. The molecule has 0 atom stereocenters. The first-order chi connectivity index (χ1) is 29.2. The van der Waals surface area contributed by atoms with Gasteiger partial charge in [-0.05, 0) is 48.2 Å². The van der Waals surface area contributed by atoms with Gasteiger partial charge in [-0.3, -0.25) is 0 Å². The molecule has 7 rings (SSSR count). The van der Waals surface area contributed by atoms with Crippen LogP contribution < -0.4 is 11.5 Å². The molecule has 0 aliphatic carbocycles. The molecule has 0 radical (unpaired) electrons. The minimum Gasteiger partial charge on any atom is -0.479 e. The fourth-order valence-corrected chi connectivity index (χ4v) is 5.84. The van der Waals surface area contributed by atoms with Crippen molar-refractivity contribution in [1.82, 2.24) is 54.1 Å². The highest BCUT2D eigenvalue weighted by Gasteiger charge is 2.26. The lowest BCUT2D eigenvalue weighted by Crippen LogP contribution is -2.13. The van der Waals surface area contributed by atoms with Gasteiger partial charge in [0.05, 0.1) is 52.9 Å². The van der Waals surface area contributed by atoms with Crippen LogP contribution in [0.5, 0.6) is 6.01 Å². The second-order valence-corrected chi connectivity index (χ2v) is 13.5. The number of carboxylic acid groups (broad SMARTS) is 2. The van der Waals surface area contributed by atoms with Gasteiger partial charge in [0.25, 0.3) is 17.6 Å². The molecule has 24 nitrogen and oxygen atoms in total. The van der Waals surface area contributed by atoms with Crippen molar-refractivity contribution in [2.24, 2.45) is 20.5 Å². The van der Waals surface area contributed by atoms with Crippen LogP contribution in [0.3, 0.4) is 0 Å². The summed E-state index contributed by atoms with van der Waals surface area (Å²) in [6, 6.07) is 13.0. The minimum atomic E-state index is -1.16. The van der Waals surface area contributed by atoms with Crippen molar-refractivity contribution in [2.45, 2.75) is 39.5 Å². The van der Waals surface area contributed by atoms with E-state index in [1.54, 1.807) is 12.1 Å². The summed E-state index contributed by atoms with van der Waals surface area (Å²) in [6.45, 7) is 14.9. The standard InChI is InChI=1S/C37H31N19O5/c1-17(2)25-27(47-49-31-21(14-38)15-42-53(31)22-10-6-8-19(12-22)33(57)58)29(39)55(51-25)35-44-36(46-37(61)45-35)56-30(40)28(26(52-56)18(3)4)48-50-32-24(41-5)16-43-54(32)23-11-7-9-20(13-23)34(59)60/h6-13,15-18H,39-40H2,1-4H3,(H,57,58)(H,59,60)(H,44,45,46,61). The van der Waals surface area contributed by atoms with E-state index < -0.39 is 17.9 Å². The second-order valence-electron chi connectivity index (χ2n) is 13.5. The number of aromatic nitrogens is 11. The highest BCUT2D eigenvalue weighted by molar-refractivity contribution is 5.89. The van der Waals surface area contributed by atoms with Gasteiger partial charge in [-0.25, -0.2) is 23.8 Å². The van der Waals surface area contributed by atoms with E-state index in [9.17, 15) is 30.2 Å². The Balaban J connectivity index is 1.28. The van der Waals surface area contributed by atoms with Gasteiger partial charge in [-0.1, -0.05) is 39.8 Å². The van der Waals surface area contributed by atoms with E-state index in [4.69, 9.17) is 18.0 Å². The number of azo groups is 2. The van der Waals surface area contributed by atoms with Crippen LogP contribution in [-0.2, 0) is 0 Å². The predicted molar refractivity (Wildman–Crippen MR) is 213 cm³/mol. The molecule has 7 N–H and O–H groups in total. The van der Waals surface area contributed by atoms with Crippen LogP contribution in [-0.4, -0.2) is 81.3 Å². The van der Waals surface area contributed by atoms with Crippen LogP contribution in [0, 0.1) is 17.9 Å². The van der Waals surface area contributed by atoms with Gasteiger partial charge in [-0.2, -0.15) is 50.0 Å². The third kappa shape index (κ3) is 7.53. The number of nitriles is 1. The molecule has 0 unspecified atom stereocenters. The fourth-order valence-electron chi connectivity index (χ4n) is 5.84. The lowest BCUT2D eigenvalue weighted by Gasteiger charge is -2.07. The predicted octanol–water partition coefficient (Wildman–Crippen LogP) is 6.38. The summed E-state index contributed by atoms with van der Waals surface area (Å²) in [4.78, 5) is 39.3. The molecule has 0 aliphatic rings. The molecule has 0 spiro atoms. The highest BCUT2D eigenvalue weighted by atomic mass is 16.4. The van der Waals surface area contributed by atoms with Crippen molar-refractivity contribution < 1.29 is 24.9 Å². The molecular formula is C37H31N19O5. The summed E-state index contributed by atoms with van der Waals surface area (Å²) in [7, 11) is 0. The Morgan fingerprint density at radius 1 is 0.738 bits per heavy atom. The van der Waals surface area contributed by atoms with Gasteiger partial charge in [0.15, 0.2) is 34.6 Å². The molecule has 5 aromatic heterocycles. The normalized spacial score (nSPS) is 11.5. The topological polar surface area (TPSA) is 334 Å². The molecule has 0 saturated heterocycles. The molecule has 0 amide bonds. The SMILES string of the molecule is [C-]#[N+]c1cnn(-c2cccc(C(=O)O)c2)c1N=Nc1c(C(C)C)nn(-c2nc(O)nc(-n3nc(C(C)C)c(N=Nc4c(C#N)cnn4-c4cccc(C(=O)O)c4)c3N)n2)c1N. The summed E-state index contributed by atoms with van der Waals surface area (Å²) in [6.07, 6.45) is 2.52. The smallest absolute Gasteiger partial charge is 0.335 e. The zero-order valence-electron chi connectivity index (χ0n) is 32.3. The number of aromatic carboxylic acids is 2. The first-order valence-electron chi connectivity index (χ1n) is 17.9. The van der Waals surface area contributed by atoms with Gasteiger partial charge < -0.3 is 26.8 Å². The maximum Gasteiger partial charge on any atom is 0.335 e. The lowest BCUT2D eigenvalue weighted by molar-refractivity contribution is 0.0686. The second kappa shape index (κ2) is 16.0. The Morgan fingerprint density at radius 3 is 1.67 bits per heavy atom. The van der Waals surface area contributed by atoms with Crippen molar-refractivity contribution in [3.05, 3.63) is 100 Å². The Morgan fingerprint density at radius 2 is 1.21 bits per heavy atom. The third-order valence-electron chi connectivity index (χ3n) is 8.79. The van der Waals surface area contributed by atoms with E-state index in [1.807, 2.05) is 33.8 Å². The quantitative estimate of drug-likeness (QED) is 0.0659. The molecule has 0 bridgehead atoms. The van der Waals surface area contributed by atoms with Gasteiger partial charge >= 0.3 is 17.9 Å². The van der Waals surface area contributed by atoms with Gasteiger partial charge in [0.2, 0.25) is 0 Å². The van der Waals surface area contributed by atoms with Gasteiger partial charge in [-0.15, -0.1) is 20.5 Å². The first kappa shape index (κ1) is 40.0. The van der Waals surface area contributed by atoms with Crippen molar-refractivity contribution in [1.29, 1.82) is 5.26 Å². The van der Waals surface area contributed by atoms with E-state index in [1.165, 1.54) is 58.2 Å². The summed E-state index contributed by atoms with van der Waals surface area (Å²) < 4.78 is 4.72. The number of benzene rings is 2. The minimum absolute atomic E-state index is 0.00840. The van der Waals surface area contributed by atoms with Gasteiger partial charge in [0, 0.05) is 0 Å². The van der Waals surface area contributed by atoms with Crippen molar-refractivity contribution in [2.75, 3.05) is 11.5 Å².